The molecule has 0 radical (unpaired) electrons. The first-order valence-corrected chi connectivity index (χ1v) is 5.04. The second-order valence-electron chi connectivity index (χ2n) is 4.75. The summed E-state index contributed by atoms with van der Waals surface area (Å²) in [4.78, 5) is 13.8. The van der Waals surface area contributed by atoms with Gasteiger partial charge in [0.2, 0.25) is 5.91 Å². The maximum atomic E-state index is 11.9. The second-order valence-corrected chi connectivity index (χ2v) is 4.75. The summed E-state index contributed by atoms with van der Waals surface area (Å²) < 4.78 is 0. The number of para-hydroxylation sites is 1. The van der Waals surface area contributed by atoms with E-state index in [4.69, 9.17) is 0 Å². The van der Waals surface area contributed by atoms with E-state index in [2.05, 4.69) is 6.07 Å². The number of β-lactam (4-membered cyclic amide) rings is 1. The summed E-state index contributed by atoms with van der Waals surface area (Å²) in [6, 6.07) is 8.61. The summed E-state index contributed by atoms with van der Waals surface area (Å²) in [6.07, 6.45) is 1.02. The number of carbonyl (C=O) groups excluding carboxylic acids is 1. The van der Waals surface area contributed by atoms with Crippen molar-refractivity contribution in [2.75, 3.05) is 4.90 Å². The van der Waals surface area contributed by atoms with Crippen LogP contribution in [-0.4, -0.2) is 11.9 Å². The third-order valence-electron chi connectivity index (χ3n) is 3.58. The molecule has 1 aromatic rings. The molecule has 1 unspecified atom stereocenters. The highest BCUT2D eigenvalue weighted by atomic mass is 16.2. The molecule has 2 aliphatic heterocycles. The fourth-order valence-electron chi connectivity index (χ4n) is 2.60. The lowest BCUT2D eigenvalue weighted by Gasteiger charge is -2.49. The van der Waals surface area contributed by atoms with Crippen LogP contribution in [0.4, 0.5) is 5.69 Å². The summed E-state index contributed by atoms with van der Waals surface area (Å²) in [5.41, 5.74) is 2.29. The van der Waals surface area contributed by atoms with Crippen molar-refractivity contribution in [1.82, 2.24) is 0 Å². The van der Waals surface area contributed by atoms with Crippen LogP contribution in [0.15, 0.2) is 24.3 Å². The van der Waals surface area contributed by atoms with Crippen molar-refractivity contribution in [2.45, 2.75) is 26.3 Å². The Morgan fingerprint density at radius 3 is 2.86 bits per heavy atom. The summed E-state index contributed by atoms with van der Waals surface area (Å²) in [5, 5.41) is 0. The number of amides is 1. The van der Waals surface area contributed by atoms with Crippen LogP contribution in [-0.2, 0) is 11.2 Å². The molecular formula is C12H13NO. The van der Waals surface area contributed by atoms with Crippen LogP contribution >= 0.6 is 0 Å². The number of anilines is 1. The van der Waals surface area contributed by atoms with Gasteiger partial charge in [0.1, 0.15) is 0 Å². The van der Waals surface area contributed by atoms with E-state index in [9.17, 15) is 4.79 Å². The molecule has 2 heteroatoms. The molecule has 0 N–H and O–H groups in total. The molecule has 1 saturated heterocycles. The number of fused-ring (bicyclic) bond motifs is 3. The molecule has 14 heavy (non-hydrogen) atoms. The Morgan fingerprint density at radius 2 is 2.07 bits per heavy atom. The van der Waals surface area contributed by atoms with Crippen molar-refractivity contribution in [3.63, 3.8) is 0 Å². The van der Waals surface area contributed by atoms with Gasteiger partial charge in [0, 0.05) is 5.69 Å². The normalized spacial score (nSPS) is 26.9. The predicted octanol–water partition coefficient (Wildman–Crippen LogP) is 1.98. The van der Waals surface area contributed by atoms with E-state index < -0.39 is 0 Å². The smallest absolute Gasteiger partial charge is 0.235 e. The van der Waals surface area contributed by atoms with E-state index in [1.54, 1.807) is 0 Å². The van der Waals surface area contributed by atoms with E-state index >= 15 is 0 Å². The molecule has 0 saturated carbocycles. The lowest BCUT2D eigenvalue weighted by Crippen LogP contribution is -2.65. The first-order valence-electron chi connectivity index (χ1n) is 5.04. The second kappa shape index (κ2) is 2.19. The van der Waals surface area contributed by atoms with Crippen molar-refractivity contribution in [1.29, 1.82) is 0 Å². The molecule has 72 valence electrons. The lowest BCUT2D eigenvalue weighted by molar-refractivity contribution is -0.136. The molecule has 1 fully saturated rings. The zero-order valence-corrected chi connectivity index (χ0v) is 8.45. The predicted molar refractivity (Wildman–Crippen MR) is 55.2 cm³/mol. The van der Waals surface area contributed by atoms with Gasteiger partial charge in [-0.3, -0.25) is 4.79 Å². The first-order chi connectivity index (χ1) is 6.62. The van der Waals surface area contributed by atoms with Crippen LogP contribution in [0.3, 0.4) is 0 Å². The van der Waals surface area contributed by atoms with Gasteiger partial charge in [-0.15, -0.1) is 0 Å². The van der Waals surface area contributed by atoms with Crippen molar-refractivity contribution in [3.05, 3.63) is 29.8 Å². The zero-order chi connectivity index (χ0) is 9.92. The number of hydrogen-bond acceptors (Lipinski definition) is 1. The molecule has 0 aliphatic carbocycles. The third-order valence-corrected chi connectivity index (χ3v) is 3.58. The van der Waals surface area contributed by atoms with E-state index in [0.717, 1.165) is 12.1 Å². The van der Waals surface area contributed by atoms with E-state index in [0.29, 0.717) is 6.04 Å². The highest BCUT2D eigenvalue weighted by Gasteiger charge is 2.57. The average Bonchev–Trinajstić information content (AvgIpc) is 2.54. The SMILES string of the molecule is CC1(C)C(=O)N2c3ccccc3CC21. The van der Waals surface area contributed by atoms with Gasteiger partial charge in [-0.2, -0.15) is 0 Å². The average molecular weight is 187 g/mol. The number of hydrogen-bond donors (Lipinski definition) is 0. The molecule has 2 nitrogen and oxygen atoms in total. The number of rotatable bonds is 0. The summed E-state index contributed by atoms with van der Waals surface area (Å²) >= 11 is 0. The van der Waals surface area contributed by atoms with Crippen LogP contribution in [0.5, 0.6) is 0 Å². The van der Waals surface area contributed by atoms with E-state index in [1.165, 1.54) is 5.56 Å². The molecule has 2 aliphatic rings. The minimum atomic E-state index is -0.154. The molecule has 2 heterocycles. The maximum Gasteiger partial charge on any atom is 0.235 e. The Morgan fingerprint density at radius 1 is 1.36 bits per heavy atom. The molecule has 0 spiro atoms. The van der Waals surface area contributed by atoms with Gasteiger partial charge < -0.3 is 4.90 Å². The lowest BCUT2D eigenvalue weighted by atomic mass is 9.74. The van der Waals surface area contributed by atoms with Crippen molar-refractivity contribution in [2.24, 2.45) is 5.41 Å². The minimum absolute atomic E-state index is 0.154. The molecule has 1 atom stereocenters. The Bertz CT molecular complexity index is 422. The quantitative estimate of drug-likeness (QED) is 0.569. The summed E-state index contributed by atoms with van der Waals surface area (Å²) in [5.74, 6) is 0.271. The molecule has 1 amide bonds. The van der Waals surface area contributed by atoms with Gasteiger partial charge >= 0.3 is 0 Å². The Kier molecular flexibility index (Phi) is 1.26. The number of nitrogens with zero attached hydrogens (tertiary/aromatic N) is 1. The fraction of sp³-hybridized carbons (Fsp3) is 0.417. The molecule has 0 bridgehead atoms. The van der Waals surface area contributed by atoms with Crippen LogP contribution in [0.1, 0.15) is 19.4 Å². The van der Waals surface area contributed by atoms with Gasteiger partial charge in [-0.25, -0.2) is 0 Å². The van der Waals surface area contributed by atoms with Crippen molar-refractivity contribution < 1.29 is 4.79 Å². The summed E-state index contributed by atoms with van der Waals surface area (Å²) in [6.45, 7) is 4.09. The largest absolute Gasteiger partial charge is 0.307 e. The number of benzene rings is 1. The van der Waals surface area contributed by atoms with E-state index in [-0.39, 0.29) is 11.3 Å². The number of carbonyl (C=O) groups is 1. The van der Waals surface area contributed by atoms with Crippen molar-refractivity contribution >= 4 is 11.6 Å². The van der Waals surface area contributed by atoms with Crippen LogP contribution in [0.2, 0.25) is 0 Å². The maximum absolute atomic E-state index is 11.9. The van der Waals surface area contributed by atoms with Gasteiger partial charge in [-0.1, -0.05) is 18.2 Å². The first kappa shape index (κ1) is 8.04. The molecular weight excluding hydrogens is 174 g/mol. The monoisotopic (exact) mass is 187 g/mol. The molecule has 1 aromatic carbocycles. The standard InChI is InChI=1S/C12H13NO/c1-12(2)10-7-8-5-3-4-6-9(8)13(10)11(12)14/h3-6,10H,7H2,1-2H3. The van der Waals surface area contributed by atoms with Crippen molar-refractivity contribution in [3.8, 4) is 0 Å². The highest BCUT2D eigenvalue weighted by molar-refractivity contribution is 6.07. The van der Waals surface area contributed by atoms with Gasteiger partial charge in [0.25, 0.3) is 0 Å². The molecule has 0 aromatic heterocycles. The Hall–Kier alpha value is -1.31. The van der Waals surface area contributed by atoms with Gasteiger partial charge in [0.15, 0.2) is 0 Å². The van der Waals surface area contributed by atoms with Crippen LogP contribution in [0.25, 0.3) is 0 Å². The highest BCUT2D eigenvalue weighted by Crippen LogP contribution is 2.49. The molecule has 3 rings (SSSR count). The Balaban J connectivity index is 2.10. The zero-order valence-electron chi connectivity index (χ0n) is 8.45. The van der Waals surface area contributed by atoms with E-state index in [1.807, 2.05) is 36.9 Å². The van der Waals surface area contributed by atoms with Crippen LogP contribution < -0.4 is 4.90 Å². The topological polar surface area (TPSA) is 20.3 Å². The van der Waals surface area contributed by atoms with Crippen LogP contribution in [0, 0.1) is 5.41 Å². The van der Waals surface area contributed by atoms with Gasteiger partial charge in [-0.05, 0) is 31.9 Å². The minimum Gasteiger partial charge on any atom is -0.307 e. The van der Waals surface area contributed by atoms with Gasteiger partial charge in [0.05, 0.1) is 11.5 Å². The summed E-state index contributed by atoms with van der Waals surface area (Å²) in [7, 11) is 0. The third kappa shape index (κ3) is 0.707. The fourth-order valence-corrected chi connectivity index (χ4v) is 2.60. The Labute approximate surface area is 83.5 Å².